The molecule has 2 N–H and O–H groups in total. The minimum atomic E-state index is -0.317. The fraction of sp³-hybridized carbons (Fsp3) is 0.167. The second-order valence-electron chi connectivity index (χ2n) is 5.37. The number of amides is 2. The Bertz CT molecular complexity index is 871. The van der Waals surface area contributed by atoms with Gasteiger partial charge < -0.3 is 10.6 Å². The van der Waals surface area contributed by atoms with Crippen LogP contribution in [0.5, 0.6) is 0 Å². The van der Waals surface area contributed by atoms with Gasteiger partial charge >= 0.3 is 0 Å². The summed E-state index contributed by atoms with van der Waals surface area (Å²) in [7, 11) is 1.53. The molecule has 0 aliphatic carbocycles. The lowest BCUT2D eigenvalue weighted by atomic mass is 10.2. The molecule has 1 atom stereocenters. The van der Waals surface area contributed by atoms with E-state index in [1.165, 1.54) is 17.1 Å². The SMILES string of the molecule is CNC(=O)c1cccc(C(=O)NC(C)c2cc3ccccc3s2)n1. The molecular weight excluding hydrogens is 322 g/mol. The van der Waals surface area contributed by atoms with Gasteiger partial charge in [0, 0.05) is 16.6 Å². The number of aromatic nitrogens is 1. The number of carbonyl (C=O) groups excluding carboxylic acids is 2. The molecule has 0 aliphatic rings. The van der Waals surface area contributed by atoms with E-state index in [2.05, 4.69) is 33.8 Å². The zero-order chi connectivity index (χ0) is 17.1. The first-order chi connectivity index (χ1) is 11.6. The van der Waals surface area contributed by atoms with Crippen LogP contribution in [0.15, 0.2) is 48.5 Å². The average Bonchev–Trinajstić information content (AvgIpc) is 3.05. The van der Waals surface area contributed by atoms with Crippen LogP contribution in [-0.4, -0.2) is 23.8 Å². The summed E-state index contributed by atoms with van der Waals surface area (Å²) in [5, 5.41) is 6.60. The Labute approximate surface area is 143 Å². The van der Waals surface area contributed by atoms with Crippen LogP contribution in [-0.2, 0) is 0 Å². The van der Waals surface area contributed by atoms with E-state index in [1.807, 2.05) is 19.1 Å². The molecule has 2 aromatic heterocycles. The highest BCUT2D eigenvalue weighted by Gasteiger charge is 2.16. The van der Waals surface area contributed by atoms with Gasteiger partial charge in [0.1, 0.15) is 11.4 Å². The summed E-state index contributed by atoms with van der Waals surface area (Å²) in [6.07, 6.45) is 0. The molecule has 122 valence electrons. The fourth-order valence-electron chi connectivity index (χ4n) is 2.37. The van der Waals surface area contributed by atoms with Gasteiger partial charge in [0.25, 0.3) is 11.8 Å². The third kappa shape index (κ3) is 3.28. The lowest BCUT2D eigenvalue weighted by Gasteiger charge is -2.12. The van der Waals surface area contributed by atoms with Crippen LogP contribution in [0.4, 0.5) is 0 Å². The van der Waals surface area contributed by atoms with E-state index in [0.29, 0.717) is 0 Å². The number of rotatable bonds is 4. The number of pyridine rings is 1. The van der Waals surface area contributed by atoms with Crippen molar-refractivity contribution >= 4 is 33.2 Å². The van der Waals surface area contributed by atoms with Crippen LogP contribution in [0.25, 0.3) is 10.1 Å². The second kappa shape index (κ2) is 6.80. The van der Waals surface area contributed by atoms with Gasteiger partial charge in [-0.2, -0.15) is 0 Å². The highest BCUT2D eigenvalue weighted by molar-refractivity contribution is 7.19. The molecule has 1 unspecified atom stereocenters. The van der Waals surface area contributed by atoms with Crippen molar-refractivity contribution in [2.45, 2.75) is 13.0 Å². The predicted molar refractivity (Wildman–Crippen MR) is 95.3 cm³/mol. The molecule has 3 rings (SSSR count). The van der Waals surface area contributed by atoms with Crippen molar-refractivity contribution in [2.75, 3.05) is 7.05 Å². The normalized spacial score (nSPS) is 11.9. The van der Waals surface area contributed by atoms with E-state index < -0.39 is 0 Å². The van der Waals surface area contributed by atoms with Gasteiger partial charge in [0.05, 0.1) is 6.04 Å². The molecule has 0 spiro atoms. The van der Waals surface area contributed by atoms with Crippen LogP contribution in [0.2, 0.25) is 0 Å². The van der Waals surface area contributed by atoms with Crippen LogP contribution < -0.4 is 10.6 Å². The number of hydrogen-bond acceptors (Lipinski definition) is 4. The molecule has 0 saturated heterocycles. The molecule has 0 aliphatic heterocycles. The largest absolute Gasteiger partial charge is 0.354 e. The van der Waals surface area contributed by atoms with Gasteiger partial charge in [-0.3, -0.25) is 9.59 Å². The van der Waals surface area contributed by atoms with Crippen molar-refractivity contribution < 1.29 is 9.59 Å². The molecule has 2 heterocycles. The van der Waals surface area contributed by atoms with Gasteiger partial charge in [-0.05, 0) is 36.6 Å². The molecule has 0 radical (unpaired) electrons. The van der Waals surface area contributed by atoms with Crippen LogP contribution in [0.3, 0.4) is 0 Å². The summed E-state index contributed by atoms with van der Waals surface area (Å²) in [4.78, 5) is 29.2. The maximum Gasteiger partial charge on any atom is 0.270 e. The number of fused-ring (bicyclic) bond motifs is 1. The second-order valence-corrected chi connectivity index (χ2v) is 6.48. The first kappa shape index (κ1) is 16.1. The number of benzene rings is 1. The Morgan fingerprint density at radius 2 is 1.75 bits per heavy atom. The smallest absolute Gasteiger partial charge is 0.270 e. The lowest BCUT2D eigenvalue weighted by molar-refractivity contribution is 0.0934. The third-order valence-electron chi connectivity index (χ3n) is 3.66. The Hall–Kier alpha value is -2.73. The Balaban J connectivity index is 1.77. The Morgan fingerprint density at radius 1 is 1.04 bits per heavy atom. The molecule has 2 amide bonds. The number of thiophene rings is 1. The fourth-order valence-corrected chi connectivity index (χ4v) is 3.44. The summed E-state index contributed by atoms with van der Waals surface area (Å²) in [6, 6.07) is 14.9. The van der Waals surface area contributed by atoms with Gasteiger partial charge in [-0.25, -0.2) is 4.98 Å². The highest BCUT2D eigenvalue weighted by atomic mass is 32.1. The summed E-state index contributed by atoms with van der Waals surface area (Å²) in [5.74, 6) is -0.618. The van der Waals surface area contributed by atoms with Crippen molar-refractivity contribution in [1.82, 2.24) is 15.6 Å². The summed E-state index contributed by atoms with van der Waals surface area (Å²) >= 11 is 1.65. The predicted octanol–water partition coefficient (Wildman–Crippen LogP) is 3.15. The minimum Gasteiger partial charge on any atom is -0.354 e. The van der Waals surface area contributed by atoms with E-state index in [9.17, 15) is 9.59 Å². The van der Waals surface area contributed by atoms with Crippen molar-refractivity contribution in [1.29, 1.82) is 0 Å². The average molecular weight is 339 g/mol. The monoisotopic (exact) mass is 339 g/mol. The zero-order valence-electron chi connectivity index (χ0n) is 13.4. The van der Waals surface area contributed by atoms with Gasteiger partial charge in [0.2, 0.25) is 0 Å². The number of hydrogen-bond donors (Lipinski definition) is 2. The molecule has 0 saturated carbocycles. The molecule has 5 nitrogen and oxygen atoms in total. The van der Waals surface area contributed by atoms with Crippen molar-refractivity contribution in [3.8, 4) is 0 Å². The lowest BCUT2D eigenvalue weighted by Crippen LogP contribution is -2.28. The Kier molecular flexibility index (Phi) is 4.57. The van der Waals surface area contributed by atoms with Crippen LogP contribution >= 0.6 is 11.3 Å². The third-order valence-corrected chi connectivity index (χ3v) is 4.96. The standard InChI is InChI=1S/C18H17N3O2S/c1-11(16-10-12-6-3-4-9-15(12)24-16)20-18(23)14-8-5-7-13(21-14)17(22)19-2/h3-11H,1-2H3,(H,19,22)(H,20,23). The highest BCUT2D eigenvalue weighted by Crippen LogP contribution is 2.29. The van der Waals surface area contributed by atoms with Crippen molar-refractivity contribution in [3.63, 3.8) is 0 Å². The molecule has 0 fully saturated rings. The maximum atomic E-state index is 12.4. The van der Waals surface area contributed by atoms with E-state index in [4.69, 9.17) is 0 Å². The molecule has 3 aromatic rings. The number of carbonyl (C=O) groups is 2. The van der Waals surface area contributed by atoms with E-state index in [-0.39, 0.29) is 29.2 Å². The zero-order valence-corrected chi connectivity index (χ0v) is 14.2. The van der Waals surface area contributed by atoms with Crippen molar-refractivity contribution in [3.05, 3.63) is 64.8 Å². The maximum absolute atomic E-state index is 12.4. The van der Waals surface area contributed by atoms with Crippen LogP contribution in [0, 0.1) is 0 Å². The summed E-state index contributed by atoms with van der Waals surface area (Å²) < 4.78 is 1.19. The molecular formula is C18H17N3O2S. The van der Waals surface area contributed by atoms with Crippen LogP contribution in [0.1, 0.15) is 38.8 Å². The topological polar surface area (TPSA) is 71.1 Å². The molecule has 6 heteroatoms. The molecule has 1 aromatic carbocycles. The quantitative estimate of drug-likeness (QED) is 0.767. The summed E-state index contributed by atoms with van der Waals surface area (Å²) in [5.41, 5.74) is 0.448. The molecule has 24 heavy (non-hydrogen) atoms. The Morgan fingerprint density at radius 3 is 2.46 bits per heavy atom. The molecule has 0 bridgehead atoms. The van der Waals surface area contributed by atoms with E-state index >= 15 is 0 Å². The van der Waals surface area contributed by atoms with Crippen molar-refractivity contribution in [2.24, 2.45) is 0 Å². The summed E-state index contributed by atoms with van der Waals surface area (Å²) in [6.45, 7) is 1.94. The first-order valence-corrected chi connectivity index (χ1v) is 8.38. The van der Waals surface area contributed by atoms with E-state index in [0.717, 1.165) is 4.88 Å². The van der Waals surface area contributed by atoms with E-state index in [1.54, 1.807) is 29.5 Å². The number of nitrogens with one attached hydrogen (secondary N) is 2. The van der Waals surface area contributed by atoms with Gasteiger partial charge in [0.15, 0.2) is 0 Å². The first-order valence-electron chi connectivity index (χ1n) is 7.57. The van der Waals surface area contributed by atoms with Gasteiger partial charge in [-0.15, -0.1) is 11.3 Å². The van der Waals surface area contributed by atoms with Gasteiger partial charge in [-0.1, -0.05) is 24.3 Å². The number of nitrogens with zero attached hydrogens (tertiary/aromatic N) is 1. The minimum absolute atomic E-state index is 0.139.